The first kappa shape index (κ1) is 24.4. The molecule has 3 aromatic rings. The molecule has 2 aromatic carbocycles. The third-order valence-corrected chi connectivity index (χ3v) is 8.86. The number of sulfonamides is 1. The molecule has 9 heteroatoms. The highest BCUT2D eigenvalue weighted by Gasteiger charge is 2.32. The molecule has 0 spiro atoms. The minimum absolute atomic E-state index is 0.111. The minimum atomic E-state index is -3.60. The number of thiazole rings is 1. The first-order chi connectivity index (χ1) is 16.2. The summed E-state index contributed by atoms with van der Waals surface area (Å²) >= 11 is 1.40. The number of rotatable bonds is 6. The molecule has 4 rings (SSSR count). The molecule has 2 heterocycles. The van der Waals surface area contributed by atoms with Gasteiger partial charge in [0.25, 0.3) is 0 Å². The Labute approximate surface area is 204 Å². The summed E-state index contributed by atoms with van der Waals surface area (Å²) in [6, 6.07) is 10.6. The summed E-state index contributed by atoms with van der Waals surface area (Å²) in [5.41, 5.74) is 5.48. The maximum absolute atomic E-state index is 12.9. The number of carbonyl (C=O) groups is 1. The van der Waals surface area contributed by atoms with Gasteiger partial charge in [0.15, 0.2) is 5.13 Å². The zero-order valence-electron chi connectivity index (χ0n) is 19.8. The molecule has 34 heavy (non-hydrogen) atoms. The van der Waals surface area contributed by atoms with Crippen molar-refractivity contribution in [3.63, 3.8) is 0 Å². The molecule has 1 saturated heterocycles. The molecular formula is C25H29N3O4S2. The quantitative estimate of drug-likeness (QED) is 0.527. The van der Waals surface area contributed by atoms with E-state index in [1.54, 1.807) is 24.3 Å². The van der Waals surface area contributed by atoms with Crippen LogP contribution in [-0.4, -0.2) is 43.8 Å². The molecule has 0 bridgehead atoms. The minimum Gasteiger partial charge on any atom is -0.497 e. The number of nitrogens with one attached hydrogen (secondary N) is 1. The monoisotopic (exact) mass is 499 g/mol. The lowest BCUT2D eigenvalue weighted by Gasteiger charge is -2.30. The number of hydrogen-bond donors (Lipinski definition) is 1. The van der Waals surface area contributed by atoms with Crippen molar-refractivity contribution < 1.29 is 17.9 Å². The van der Waals surface area contributed by atoms with E-state index in [2.05, 4.69) is 43.2 Å². The van der Waals surface area contributed by atoms with Gasteiger partial charge in [-0.25, -0.2) is 13.4 Å². The van der Waals surface area contributed by atoms with Crippen molar-refractivity contribution in [3.05, 3.63) is 58.5 Å². The van der Waals surface area contributed by atoms with E-state index in [4.69, 9.17) is 4.74 Å². The van der Waals surface area contributed by atoms with E-state index in [0.29, 0.717) is 36.8 Å². The van der Waals surface area contributed by atoms with Crippen LogP contribution in [0.2, 0.25) is 0 Å². The van der Waals surface area contributed by atoms with Gasteiger partial charge in [0.2, 0.25) is 15.9 Å². The SMILES string of the molecule is COc1ccc(S(=O)(=O)N2CCC(C(=O)Nc3nc(-c4c(C)cc(C)cc4C)cs3)CC2)cc1. The molecule has 0 unspecified atom stereocenters. The van der Waals surface area contributed by atoms with Gasteiger partial charge in [0.05, 0.1) is 17.7 Å². The van der Waals surface area contributed by atoms with Gasteiger partial charge in [-0.05, 0) is 69.0 Å². The second-order valence-electron chi connectivity index (χ2n) is 8.65. The van der Waals surface area contributed by atoms with Crippen LogP contribution < -0.4 is 10.1 Å². The van der Waals surface area contributed by atoms with Crippen LogP contribution >= 0.6 is 11.3 Å². The molecule has 0 aliphatic carbocycles. The molecule has 1 fully saturated rings. The second-order valence-corrected chi connectivity index (χ2v) is 11.5. The van der Waals surface area contributed by atoms with Crippen LogP contribution in [0.3, 0.4) is 0 Å². The topological polar surface area (TPSA) is 88.6 Å². The van der Waals surface area contributed by atoms with Crippen LogP contribution in [0.15, 0.2) is 46.7 Å². The van der Waals surface area contributed by atoms with E-state index < -0.39 is 10.0 Å². The van der Waals surface area contributed by atoms with Crippen LogP contribution in [0.25, 0.3) is 11.3 Å². The summed E-state index contributed by atoms with van der Waals surface area (Å²) in [4.78, 5) is 17.7. The van der Waals surface area contributed by atoms with E-state index in [9.17, 15) is 13.2 Å². The molecule has 1 aliphatic rings. The highest BCUT2D eigenvalue weighted by atomic mass is 32.2. The molecule has 1 N–H and O–H groups in total. The average Bonchev–Trinajstić information content (AvgIpc) is 3.26. The predicted octanol–water partition coefficient (Wildman–Crippen LogP) is 4.78. The maximum Gasteiger partial charge on any atom is 0.243 e. The van der Waals surface area contributed by atoms with Crippen molar-refractivity contribution >= 4 is 32.4 Å². The predicted molar refractivity (Wildman–Crippen MR) is 135 cm³/mol. The lowest BCUT2D eigenvalue weighted by molar-refractivity contribution is -0.120. The Morgan fingerprint density at radius 1 is 1.09 bits per heavy atom. The Balaban J connectivity index is 1.38. The number of anilines is 1. The molecular weight excluding hydrogens is 470 g/mol. The number of ether oxygens (including phenoxy) is 1. The number of nitrogens with zero attached hydrogens (tertiary/aromatic N) is 2. The third-order valence-electron chi connectivity index (χ3n) is 6.19. The fourth-order valence-corrected chi connectivity index (χ4v) is 6.67. The molecule has 0 radical (unpaired) electrons. The second kappa shape index (κ2) is 9.85. The first-order valence-electron chi connectivity index (χ1n) is 11.2. The fraction of sp³-hybridized carbons (Fsp3) is 0.360. The average molecular weight is 500 g/mol. The third kappa shape index (κ3) is 5.01. The summed E-state index contributed by atoms with van der Waals surface area (Å²) < 4.78 is 32.4. The Morgan fingerprint density at radius 2 is 1.71 bits per heavy atom. The van der Waals surface area contributed by atoms with Crippen molar-refractivity contribution in [2.45, 2.75) is 38.5 Å². The van der Waals surface area contributed by atoms with E-state index in [0.717, 1.165) is 22.4 Å². The van der Waals surface area contributed by atoms with E-state index in [1.807, 2.05) is 5.38 Å². The fourth-order valence-electron chi connectivity index (χ4n) is 4.49. The van der Waals surface area contributed by atoms with Crippen LogP contribution in [0, 0.1) is 26.7 Å². The summed E-state index contributed by atoms with van der Waals surface area (Å²) in [7, 11) is -2.06. The molecule has 1 aliphatic heterocycles. The number of benzene rings is 2. The molecule has 0 atom stereocenters. The number of amides is 1. The number of piperidine rings is 1. The van der Waals surface area contributed by atoms with Crippen molar-refractivity contribution in [2.75, 3.05) is 25.5 Å². The van der Waals surface area contributed by atoms with Gasteiger partial charge in [-0.15, -0.1) is 11.3 Å². The van der Waals surface area contributed by atoms with E-state index in [-0.39, 0.29) is 16.7 Å². The molecule has 180 valence electrons. The number of aryl methyl sites for hydroxylation is 3. The van der Waals surface area contributed by atoms with Gasteiger partial charge >= 0.3 is 0 Å². The normalized spacial score (nSPS) is 15.3. The summed E-state index contributed by atoms with van der Waals surface area (Å²) in [5.74, 6) is 0.240. The van der Waals surface area contributed by atoms with Gasteiger partial charge in [-0.2, -0.15) is 4.31 Å². The van der Waals surface area contributed by atoms with E-state index >= 15 is 0 Å². The largest absolute Gasteiger partial charge is 0.497 e. The standard InChI is InChI=1S/C25H29N3O4S2/c1-16-13-17(2)23(18(3)14-16)22-15-33-25(26-22)27-24(29)19-9-11-28(12-10-19)34(30,31)21-7-5-20(32-4)6-8-21/h5-8,13-15,19H,9-12H2,1-4H3,(H,26,27,29). The number of methoxy groups -OCH3 is 1. The smallest absolute Gasteiger partial charge is 0.243 e. The number of hydrogen-bond acceptors (Lipinski definition) is 6. The van der Waals surface area contributed by atoms with E-state index in [1.165, 1.54) is 28.3 Å². The highest BCUT2D eigenvalue weighted by Crippen LogP contribution is 2.32. The maximum atomic E-state index is 12.9. The summed E-state index contributed by atoms with van der Waals surface area (Å²) in [5, 5.41) is 5.46. The zero-order chi connectivity index (χ0) is 24.5. The Hall–Kier alpha value is -2.75. The summed E-state index contributed by atoms with van der Waals surface area (Å²) in [6.07, 6.45) is 0.936. The van der Waals surface area contributed by atoms with Crippen molar-refractivity contribution in [1.82, 2.24) is 9.29 Å². The molecule has 1 aromatic heterocycles. The Kier molecular flexibility index (Phi) is 7.06. The lowest BCUT2D eigenvalue weighted by Crippen LogP contribution is -2.41. The Bertz CT molecular complexity index is 1270. The highest BCUT2D eigenvalue weighted by molar-refractivity contribution is 7.89. The van der Waals surface area contributed by atoms with Crippen LogP contribution in [-0.2, 0) is 14.8 Å². The Morgan fingerprint density at radius 3 is 2.29 bits per heavy atom. The van der Waals surface area contributed by atoms with Crippen molar-refractivity contribution in [2.24, 2.45) is 5.92 Å². The van der Waals surface area contributed by atoms with Crippen LogP contribution in [0.5, 0.6) is 5.75 Å². The lowest BCUT2D eigenvalue weighted by atomic mass is 9.97. The zero-order valence-corrected chi connectivity index (χ0v) is 21.4. The van der Waals surface area contributed by atoms with Gasteiger partial charge in [-0.1, -0.05) is 17.7 Å². The van der Waals surface area contributed by atoms with Crippen molar-refractivity contribution in [1.29, 1.82) is 0 Å². The van der Waals surface area contributed by atoms with Gasteiger partial charge < -0.3 is 10.1 Å². The first-order valence-corrected chi connectivity index (χ1v) is 13.5. The molecule has 0 saturated carbocycles. The number of aromatic nitrogens is 1. The molecule has 1 amide bonds. The molecule has 7 nitrogen and oxygen atoms in total. The van der Waals surface area contributed by atoms with Crippen LogP contribution in [0.4, 0.5) is 5.13 Å². The van der Waals surface area contributed by atoms with Crippen molar-refractivity contribution in [3.8, 4) is 17.0 Å². The van der Waals surface area contributed by atoms with Crippen LogP contribution in [0.1, 0.15) is 29.5 Å². The number of carbonyl (C=O) groups excluding carboxylic acids is 1. The van der Waals surface area contributed by atoms with Gasteiger partial charge in [0, 0.05) is 30.0 Å². The van der Waals surface area contributed by atoms with Gasteiger partial charge in [-0.3, -0.25) is 4.79 Å². The van der Waals surface area contributed by atoms with Gasteiger partial charge in [0.1, 0.15) is 5.75 Å². The summed E-state index contributed by atoms with van der Waals surface area (Å²) in [6.45, 7) is 6.82.